The number of hydrogen-bond donors (Lipinski definition) is 2. The summed E-state index contributed by atoms with van der Waals surface area (Å²) in [6.07, 6.45) is 1.24. The summed E-state index contributed by atoms with van der Waals surface area (Å²) in [6, 6.07) is 5.82. The number of aliphatic imine (C=N–C) groups is 1. The fraction of sp³-hybridized carbons (Fsp3) is 0.360. The molecule has 0 spiro atoms. The molecule has 0 aliphatic carbocycles. The Morgan fingerprint density at radius 2 is 1.94 bits per heavy atom. The highest BCUT2D eigenvalue weighted by molar-refractivity contribution is 6.03. The zero-order valence-electron chi connectivity index (χ0n) is 20.0. The zero-order chi connectivity index (χ0) is 25.7. The van der Waals surface area contributed by atoms with Crippen molar-refractivity contribution in [3.8, 4) is 0 Å². The van der Waals surface area contributed by atoms with Crippen molar-refractivity contribution < 1.29 is 28.6 Å². The molecule has 2 amide bonds. The number of aliphatic hydroxyl groups excluding tert-OH is 1. The Morgan fingerprint density at radius 1 is 1.29 bits per heavy atom. The number of carbonyl (C=O) groups is 3. The molecule has 0 aromatic heterocycles. The number of nitrogens with one attached hydrogen (secondary N) is 1. The molecule has 0 saturated heterocycles. The van der Waals surface area contributed by atoms with Crippen LogP contribution >= 0.6 is 0 Å². The van der Waals surface area contributed by atoms with Gasteiger partial charge >= 0.3 is 0 Å². The van der Waals surface area contributed by atoms with Crippen LogP contribution in [0.2, 0.25) is 0 Å². The standard InChI is InChI=1S/C25H29FN4O5/c1-5-29(6-2)24(33)20-14-30-15(3)22(35-20)17(11-16-7-9-18(26)10-8-16)12-28-13-19(31)21(25(30)34)23(32)27-4/h7-10,12,14,21,25,34H,3,5-6,11,13H2,1-2,4H3,(H,27,32)/b22-17+,28-12?. The number of hydrogen-bond acceptors (Lipinski definition) is 7. The number of fused-ring (bicyclic) bond motifs is 2. The van der Waals surface area contributed by atoms with Crippen LogP contribution in [-0.2, 0) is 25.5 Å². The molecule has 3 rings (SSSR count). The van der Waals surface area contributed by atoms with Crippen molar-refractivity contribution in [3.05, 3.63) is 71.2 Å². The minimum absolute atomic E-state index is 0.108. The Morgan fingerprint density at radius 3 is 2.54 bits per heavy atom. The van der Waals surface area contributed by atoms with Crippen LogP contribution in [0.4, 0.5) is 4.39 Å². The molecule has 2 heterocycles. The lowest BCUT2D eigenvalue weighted by atomic mass is 9.97. The highest BCUT2D eigenvalue weighted by Gasteiger charge is 2.41. The van der Waals surface area contributed by atoms with Gasteiger partial charge < -0.3 is 25.0 Å². The van der Waals surface area contributed by atoms with Crippen molar-refractivity contribution >= 4 is 23.8 Å². The first kappa shape index (κ1) is 25.8. The summed E-state index contributed by atoms with van der Waals surface area (Å²) >= 11 is 0. The van der Waals surface area contributed by atoms with E-state index in [1.165, 1.54) is 41.4 Å². The van der Waals surface area contributed by atoms with Crippen molar-refractivity contribution in [2.45, 2.75) is 26.5 Å². The summed E-state index contributed by atoms with van der Waals surface area (Å²) in [5, 5.41) is 13.5. The summed E-state index contributed by atoms with van der Waals surface area (Å²) in [6.45, 7) is 8.12. The average Bonchev–Trinajstić information content (AvgIpc) is 2.84. The van der Waals surface area contributed by atoms with E-state index < -0.39 is 29.7 Å². The predicted molar refractivity (Wildman–Crippen MR) is 127 cm³/mol. The quantitative estimate of drug-likeness (QED) is 0.592. The lowest BCUT2D eigenvalue weighted by Crippen LogP contribution is -2.50. The molecule has 2 atom stereocenters. The van der Waals surface area contributed by atoms with Gasteiger partial charge in [-0.05, 0) is 31.5 Å². The number of ketones is 1. The summed E-state index contributed by atoms with van der Waals surface area (Å²) in [5.41, 5.74) is 1.32. The molecule has 0 fully saturated rings. The van der Waals surface area contributed by atoms with Gasteiger partial charge in [0.25, 0.3) is 5.91 Å². The molecule has 1 aromatic rings. The maximum Gasteiger partial charge on any atom is 0.291 e. The number of carbonyl (C=O) groups excluding carboxylic acids is 3. The normalized spacial score (nSPS) is 22.3. The molecule has 186 valence electrons. The second-order valence-electron chi connectivity index (χ2n) is 8.03. The molecule has 10 heteroatoms. The highest BCUT2D eigenvalue weighted by atomic mass is 19.1. The van der Waals surface area contributed by atoms with E-state index in [2.05, 4.69) is 16.9 Å². The van der Waals surface area contributed by atoms with E-state index in [-0.39, 0.29) is 36.0 Å². The number of benzene rings is 1. The molecule has 35 heavy (non-hydrogen) atoms. The third-order valence-corrected chi connectivity index (χ3v) is 5.86. The summed E-state index contributed by atoms with van der Waals surface area (Å²) < 4.78 is 19.4. The van der Waals surface area contributed by atoms with Gasteiger partial charge in [-0.15, -0.1) is 0 Å². The minimum atomic E-state index is -1.66. The number of rotatable bonds is 6. The van der Waals surface area contributed by atoms with Crippen LogP contribution in [0, 0.1) is 11.7 Å². The van der Waals surface area contributed by atoms with Crippen LogP contribution in [0.15, 0.2) is 64.8 Å². The minimum Gasteiger partial charge on any atom is -0.447 e. The molecule has 2 unspecified atom stereocenters. The predicted octanol–water partition coefficient (Wildman–Crippen LogP) is 1.51. The van der Waals surface area contributed by atoms with Gasteiger partial charge in [0.15, 0.2) is 11.5 Å². The van der Waals surface area contributed by atoms with Crippen molar-refractivity contribution in [1.29, 1.82) is 0 Å². The molecule has 2 bridgehead atoms. The summed E-state index contributed by atoms with van der Waals surface area (Å²) in [4.78, 5) is 45.4. The number of aliphatic hydroxyl groups is 1. The van der Waals surface area contributed by atoms with Gasteiger partial charge in [-0.2, -0.15) is 0 Å². The third-order valence-electron chi connectivity index (χ3n) is 5.86. The summed E-state index contributed by atoms with van der Waals surface area (Å²) in [5.74, 6) is -3.56. The number of nitrogens with zero attached hydrogens (tertiary/aromatic N) is 3. The van der Waals surface area contributed by atoms with Crippen molar-refractivity contribution in [1.82, 2.24) is 15.1 Å². The van der Waals surface area contributed by atoms with E-state index in [1.54, 1.807) is 12.1 Å². The maximum atomic E-state index is 13.4. The summed E-state index contributed by atoms with van der Waals surface area (Å²) in [7, 11) is 1.36. The van der Waals surface area contributed by atoms with Gasteiger partial charge in [0, 0.05) is 38.3 Å². The number of amides is 2. The molecule has 2 aliphatic rings. The van der Waals surface area contributed by atoms with Crippen molar-refractivity contribution in [2.24, 2.45) is 10.9 Å². The highest BCUT2D eigenvalue weighted by Crippen LogP contribution is 2.33. The number of allylic oxidation sites excluding steroid dienone is 1. The van der Waals surface area contributed by atoms with E-state index in [4.69, 9.17) is 4.74 Å². The fourth-order valence-electron chi connectivity index (χ4n) is 3.88. The van der Waals surface area contributed by atoms with Crippen LogP contribution in [0.5, 0.6) is 0 Å². The van der Waals surface area contributed by atoms with E-state index in [1.807, 2.05) is 13.8 Å². The molecular weight excluding hydrogens is 455 g/mol. The lowest BCUT2D eigenvalue weighted by Gasteiger charge is -2.37. The average molecular weight is 485 g/mol. The van der Waals surface area contributed by atoms with Crippen LogP contribution < -0.4 is 5.32 Å². The van der Waals surface area contributed by atoms with E-state index in [9.17, 15) is 23.9 Å². The van der Waals surface area contributed by atoms with Crippen molar-refractivity contribution in [3.63, 3.8) is 0 Å². The Kier molecular flexibility index (Phi) is 8.18. The zero-order valence-corrected chi connectivity index (χ0v) is 20.0. The van der Waals surface area contributed by atoms with Crippen molar-refractivity contribution in [2.75, 3.05) is 26.7 Å². The molecular formula is C25H29FN4O5. The number of Topliss-reactive ketones (excluding diaryl/α,β-unsaturated/α-hetero) is 1. The molecule has 1 aromatic carbocycles. The fourth-order valence-corrected chi connectivity index (χ4v) is 3.88. The Hall–Kier alpha value is -3.79. The van der Waals surface area contributed by atoms with Gasteiger partial charge in [-0.1, -0.05) is 18.7 Å². The van der Waals surface area contributed by atoms with Crippen LogP contribution in [0.1, 0.15) is 19.4 Å². The van der Waals surface area contributed by atoms with Gasteiger partial charge in [0.2, 0.25) is 11.7 Å². The third kappa shape index (κ3) is 5.48. The molecule has 0 saturated carbocycles. The SMILES string of the molecule is C=C1/C2=C(/Cc3ccc(F)cc3)C=NCC(=O)C(C(=O)NC)C(O)N1C=C(C(=O)N(CC)CC)O2. The molecule has 0 radical (unpaired) electrons. The maximum absolute atomic E-state index is 13.4. The Labute approximate surface area is 203 Å². The first-order chi connectivity index (χ1) is 16.7. The van der Waals surface area contributed by atoms with Crippen LogP contribution in [-0.4, -0.2) is 71.6 Å². The van der Waals surface area contributed by atoms with Gasteiger partial charge in [0.1, 0.15) is 18.0 Å². The van der Waals surface area contributed by atoms with E-state index in [0.717, 1.165) is 5.56 Å². The smallest absolute Gasteiger partial charge is 0.291 e. The Bertz CT molecular complexity index is 1110. The lowest BCUT2D eigenvalue weighted by molar-refractivity contribution is -0.142. The Balaban J connectivity index is 2.16. The van der Waals surface area contributed by atoms with Crippen LogP contribution in [0.25, 0.3) is 0 Å². The molecule has 9 nitrogen and oxygen atoms in total. The first-order valence-electron chi connectivity index (χ1n) is 11.3. The molecule has 2 aliphatic heterocycles. The van der Waals surface area contributed by atoms with E-state index in [0.29, 0.717) is 18.7 Å². The van der Waals surface area contributed by atoms with Gasteiger partial charge in [0.05, 0.1) is 18.4 Å². The second kappa shape index (κ2) is 11.1. The van der Waals surface area contributed by atoms with Gasteiger partial charge in [-0.25, -0.2) is 4.39 Å². The van der Waals surface area contributed by atoms with E-state index >= 15 is 0 Å². The number of ether oxygens (including phenoxy) is 1. The largest absolute Gasteiger partial charge is 0.447 e. The second-order valence-corrected chi connectivity index (χ2v) is 8.03. The molecule has 2 N–H and O–H groups in total. The monoisotopic (exact) mass is 484 g/mol. The van der Waals surface area contributed by atoms with Crippen LogP contribution in [0.3, 0.4) is 0 Å². The van der Waals surface area contributed by atoms with Gasteiger partial charge in [-0.3, -0.25) is 19.4 Å². The first-order valence-corrected chi connectivity index (χ1v) is 11.3. The number of halogens is 1. The number of likely N-dealkylation sites (N-methyl/N-ethyl adjacent to an activating group) is 1. The topological polar surface area (TPSA) is 112 Å².